The zero-order valence-electron chi connectivity index (χ0n) is 17.5. The lowest BCUT2D eigenvalue weighted by atomic mass is 9.96. The molecule has 2 nitrogen and oxygen atoms in total. The van der Waals surface area contributed by atoms with Crippen LogP contribution in [0.4, 0.5) is 40.8 Å². The Morgan fingerprint density at radius 1 is 0.743 bits per heavy atom. The van der Waals surface area contributed by atoms with Gasteiger partial charge in [-0.2, -0.15) is 40.2 Å². The van der Waals surface area contributed by atoms with E-state index in [1.54, 1.807) is 24.3 Å². The summed E-state index contributed by atoms with van der Waals surface area (Å²) in [5, 5.41) is 4.76. The van der Waals surface area contributed by atoms with Gasteiger partial charge in [-0.25, -0.2) is 0 Å². The lowest BCUT2D eigenvalue weighted by Crippen LogP contribution is -2.43. The van der Waals surface area contributed by atoms with Gasteiger partial charge in [0.2, 0.25) is 0 Å². The van der Waals surface area contributed by atoms with E-state index in [1.807, 2.05) is 0 Å². The highest BCUT2D eigenvalue weighted by atomic mass is 35.5. The molecule has 3 aromatic carbocycles. The monoisotopic (exact) mass is 518 g/mol. The van der Waals surface area contributed by atoms with Gasteiger partial charge >= 0.3 is 18.3 Å². The summed E-state index contributed by atoms with van der Waals surface area (Å²) in [7, 11) is 0. The van der Waals surface area contributed by atoms with E-state index in [4.69, 9.17) is 11.6 Å². The molecule has 0 fully saturated rings. The molecule has 1 heterocycles. The Balaban J connectivity index is 1.68. The Morgan fingerprint density at radius 2 is 1.29 bits per heavy atom. The number of rotatable bonds is 4. The lowest BCUT2D eigenvalue weighted by molar-refractivity contribution is -0.249. The largest absolute Gasteiger partial charge is 0.459 e. The predicted molar refractivity (Wildman–Crippen MR) is 117 cm³/mol. The van der Waals surface area contributed by atoms with Crippen molar-refractivity contribution in [3.8, 4) is 11.1 Å². The summed E-state index contributed by atoms with van der Waals surface area (Å²) >= 11 is 6.16. The molecule has 3 aromatic rings. The average molecular weight is 519 g/mol. The quantitative estimate of drug-likeness (QED) is 0.316. The fourth-order valence-corrected chi connectivity index (χ4v) is 3.95. The smallest absolute Gasteiger partial charge is 0.256 e. The van der Waals surface area contributed by atoms with Crippen molar-refractivity contribution >= 4 is 23.0 Å². The minimum atomic E-state index is -5.82. The summed E-state index contributed by atoms with van der Waals surface area (Å²) in [6, 6.07) is 15.5. The maximum Gasteiger partial charge on any atom is 0.459 e. The van der Waals surface area contributed by atoms with E-state index < -0.39 is 42.0 Å². The Bertz CT molecular complexity index is 1230. The molecule has 0 spiro atoms. The molecule has 0 saturated carbocycles. The van der Waals surface area contributed by atoms with Crippen LogP contribution >= 0.6 is 11.6 Å². The molecule has 1 aliphatic heterocycles. The van der Waals surface area contributed by atoms with Gasteiger partial charge in [-0.15, -0.1) is 0 Å². The third-order valence-corrected chi connectivity index (χ3v) is 5.89. The molecular weight excluding hydrogens is 504 g/mol. The minimum Gasteiger partial charge on any atom is -0.256 e. The molecule has 0 amide bonds. The van der Waals surface area contributed by atoms with Crippen LogP contribution in [-0.4, -0.2) is 17.8 Å². The first-order chi connectivity index (χ1) is 16.3. The number of hydrogen-bond donors (Lipinski definition) is 0. The normalized spacial score (nSPS) is 17.0. The maximum atomic E-state index is 14.1. The molecule has 0 aromatic heterocycles. The Hall–Kier alpha value is -3.14. The van der Waals surface area contributed by atoms with Gasteiger partial charge in [-0.05, 0) is 41.0 Å². The summed E-state index contributed by atoms with van der Waals surface area (Å²) in [5.74, 6) is -5.14. The van der Waals surface area contributed by atoms with Gasteiger partial charge in [0.05, 0.1) is 22.3 Å². The van der Waals surface area contributed by atoms with Crippen LogP contribution in [0.2, 0.25) is 5.02 Å². The van der Waals surface area contributed by atoms with E-state index in [-0.39, 0.29) is 10.7 Å². The standard InChI is InChI=1S/C24H15ClF8N2/c25-18-3-1-2-4-19(18)35-20(13-21(34-35)22(26,27)24(31,32)33)16-7-5-14(6-8-16)15-9-11-17(12-10-15)23(28,29)30/h1-12,20H,13H2. The molecular formula is C24H15ClF8N2. The van der Waals surface area contributed by atoms with E-state index in [0.717, 1.165) is 17.1 Å². The van der Waals surface area contributed by atoms with Crippen LogP contribution in [0, 0.1) is 0 Å². The van der Waals surface area contributed by atoms with Crippen molar-refractivity contribution in [3.05, 3.63) is 88.9 Å². The second-order valence-electron chi connectivity index (χ2n) is 7.83. The van der Waals surface area contributed by atoms with Gasteiger partial charge in [0.25, 0.3) is 0 Å². The summed E-state index contributed by atoms with van der Waals surface area (Å²) in [4.78, 5) is 0. The number of para-hydroxylation sites is 1. The summed E-state index contributed by atoms with van der Waals surface area (Å²) in [5.41, 5.74) is -0.626. The molecule has 1 aliphatic rings. The zero-order valence-corrected chi connectivity index (χ0v) is 18.3. The highest BCUT2D eigenvalue weighted by molar-refractivity contribution is 6.33. The summed E-state index contributed by atoms with van der Waals surface area (Å²) < 4.78 is 106. The van der Waals surface area contributed by atoms with Crippen LogP contribution < -0.4 is 5.01 Å². The molecule has 1 atom stereocenters. The van der Waals surface area contributed by atoms with Gasteiger partial charge in [0.15, 0.2) is 0 Å². The summed E-state index contributed by atoms with van der Waals surface area (Å²) in [6.45, 7) is 0. The first-order valence-electron chi connectivity index (χ1n) is 10.1. The maximum absolute atomic E-state index is 14.1. The van der Waals surface area contributed by atoms with Crippen LogP contribution in [0.1, 0.15) is 23.6 Å². The Kier molecular flexibility index (Phi) is 6.29. The van der Waals surface area contributed by atoms with Gasteiger partial charge in [-0.3, -0.25) is 5.01 Å². The Labute approximate surface area is 199 Å². The fraction of sp³-hybridized carbons (Fsp3) is 0.208. The molecule has 0 radical (unpaired) electrons. The van der Waals surface area contributed by atoms with Crippen molar-refractivity contribution in [2.24, 2.45) is 5.10 Å². The van der Waals surface area contributed by atoms with E-state index in [1.165, 1.54) is 36.4 Å². The molecule has 0 aliphatic carbocycles. The number of halogens is 9. The number of nitrogens with zero attached hydrogens (tertiary/aromatic N) is 2. The number of alkyl halides is 8. The number of hydrazone groups is 1. The number of hydrogen-bond acceptors (Lipinski definition) is 2. The fourth-order valence-electron chi connectivity index (χ4n) is 3.73. The molecule has 0 bridgehead atoms. The SMILES string of the molecule is FC(F)(F)c1ccc(-c2ccc(C3CC(C(F)(F)C(F)(F)F)=NN3c3ccccc3Cl)cc2)cc1. The van der Waals surface area contributed by atoms with Gasteiger partial charge in [-0.1, -0.05) is 60.1 Å². The topological polar surface area (TPSA) is 15.6 Å². The lowest BCUT2D eigenvalue weighted by Gasteiger charge is -2.25. The highest BCUT2D eigenvalue weighted by Crippen LogP contribution is 2.46. The van der Waals surface area contributed by atoms with Crippen molar-refractivity contribution < 1.29 is 35.1 Å². The van der Waals surface area contributed by atoms with Crippen LogP contribution in [-0.2, 0) is 6.18 Å². The average Bonchev–Trinajstić information content (AvgIpc) is 3.24. The molecule has 11 heteroatoms. The van der Waals surface area contributed by atoms with Gasteiger partial charge in [0, 0.05) is 6.42 Å². The first-order valence-corrected chi connectivity index (χ1v) is 10.5. The molecule has 0 saturated heterocycles. The minimum absolute atomic E-state index is 0.110. The second-order valence-corrected chi connectivity index (χ2v) is 8.24. The number of benzene rings is 3. The molecule has 0 N–H and O–H groups in total. The van der Waals surface area contributed by atoms with E-state index >= 15 is 0 Å². The molecule has 1 unspecified atom stereocenters. The van der Waals surface area contributed by atoms with Crippen molar-refractivity contribution in [2.75, 3.05) is 5.01 Å². The van der Waals surface area contributed by atoms with Crippen LogP contribution in [0.25, 0.3) is 11.1 Å². The Morgan fingerprint density at radius 3 is 1.80 bits per heavy atom. The molecule has 4 rings (SSSR count). The highest BCUT2D eigenvalue weighted by Gasteiger charge is 2.62. The summed E-state index contributed by atoms with van der Waals surface area (Å²) in [6.07, 6.45) is -11.0. The van der Waals surface area contributed by atoms with Crippen molar-refractivity contribution in [3.63, 3.8) is 0 Å². The van der Waals surface area contributed by atoms with Crippen LogP contribution in [0.3, 0.4) is 0 Å². The van der Waals surface area contributed by atoms with Crippen LogP contribution in [0.15, 0.2) is 77.9 Å². The van der Waals surface area contributed by atoms with E-state index in [0.29, 0.717) is 16.7 Å². The molecule has 184 valence electrons. The first kappa shape index (κ1) is 25.0. The van der Waals surface area contributed by atoms with Gasteiger partial charge < -0.3 is 0 Å². The van der Waals surface area contributed by atoms with Crippen molar-refractivity contribution in [1.29, 1.82) is 0 Å². The second kappa shape index (κ2) is 8.82. The van der Waals surface area contributed by atoms with E-state index in [9.17, 15) is 35.1 Å². The van der Waals surface area contributed by atoms with Gasteiger partial charge in [0.1, 0.15) is 5.71 Å². The van der Waals surface area contributed by atoms with Crippen LogP contribution in [0.5, 0.6) is 0 Å². The van der Waals surface area contributed by atoms with Crippen molar-refractivity contribution in [2.45, 2.75) is 30.7 Å². The molecule has 35 heavy (non-hydrogen) atoms. The number of anilines is 1. The third kappa shape index (κ3) is 4.84. The van der Waals surface area contributed by atoms with Crippen molar-refractivity contribution in [1.82, 2.24) is 0 Å². The third-order valence-electron chi connectivity index (χ3n) is 5.57. The zero-order chi connectivity index (χ0) is 25.6. The predicted octanol–water partition coefficient (Wildman–Crippen LogP) is 8.53. The van der Waals surface area contributed by atoms with E-state index in [2.05, 4.69) is 5.10 Å².